The molecule has 8 nitrogen and oxygen atoms in total. The molecule has 0 saturated carbocycles. The molecule has 2 atom stereocenters. The van der Waals surface area contributed by atoms with Crippen LogP contribution in [0.15, 0.2) is 39.5 Å². The Morgan fingerprint density at radius 3 is 2.67 bits per heavy atom. The molecule has 0 aliphatic rings. The van der Waals surface area contributed by atoms with Crippen molar-refractivity contribution >= 4 is 48.7 Å². The molecule has 27 heavy (non-hydrogen) atoms. The topological polar surface area (TPSA) is 117 Å². The van der Waals surface area contributed by atoms with Crippen LogP contribution in [0.5, 0.6) is 0 Å². The molecule has 3 N–H and O–H groups in total. The van der Waals surface area contributed by atoms with Crippen LogP contribution < -0.4 is 10.6 Å². The maximum absolute atomic E-state index is 12.4. The van der Waals surface area contributed by atoms with Crippen LogP contribution in [-0.4, -0.2) is 44.8 Å². The molecule has 146 valence electrons. The standard InChI is InChI=1S/C17H22BrN5O3S/c1-10(11(2)24)20-15-14(18)9-19-17(22-15)21-13-7-5-6-12(8-13)16(25)27(3,4)23-26/h5-11,24H,1-4H3,(H2,19,20,21,22)/t10-,11-/m1/s1. The summed E-state index contributed by atoms with van der Waals surface area (Å²) < 4.78 is 3.64. The predicted molar refractivity (Wildman–Crippen MR) is 114 cm³/mol. The number of carbonyl (C=O) groups excluding carboxylic acids is 1. The highest BCUT2D eigenvalue weighted by molar-refractivity contribution is 9.10. The lowest BCUT2D eigenvalue weighted by molar-refractivity contribution is 0.108. The number of aliphatic hydroxyl groups excluding tert-OH is 1. The summed E-state index contributed by atoms with van der Waals surface area (Å²) in [5, 5.41) is 15.5. The first-order valence-electron chi connectivity index (χ1n) is 8.10. The zero-order chi connectivity index (χ0) is 20.2. The quantitative estimate of drug-likeness (QED) is 0.538. The molecule has 0 aliphatic carbocycles. The smallest absolute Gasteiger partial charge is 0.229 e. The second kappa shape index (κ2) is 8.77. The van der Waals surface area contributed by atoms with Gasteiger partial charge in [-0.15, -0.1) is 4.91 Å². The lowest BCUT2D eigenvalue weighted by Crippen LogP contribution is -2.28. The van der Waals surface area contributed by atoms with Crippen molar-refractivity contribution in [3.05, 3.63) is 45.4 Å². The molecule has 1 aromatic heterocycles. The van der Waals surface area contributed by atoms with Crippen molar-refractivity contribution in [2.45, 2.75) is 26.0 Å². The first kappa shape index (κ1) is 21.3. The van der Waals surface area contributed by atoms with E-state index in [0.29, 0.717) is 27.5 Å². The second-order valence-corrected chi connectivity index (χ2v) is 10.3. The van der Waals surface area contributed by atoms with Crippen LogP contribution >= 0.6 is 26.1 Å². The fourth-order valence-electron chi connectivity index (χ4n) is 2.04. The molecule has 0 saturated heterocycles. The highest BCUT2D eigenvalue weighted by Gasteiger charge is 2.24. The van der Waals surface area contributed by atoms with E-state index in [1.54, 1.807) is 49.9 Å². The van der Waals surface area contributed by atoms with E-state index < -0.39 is 16.3 Å². The summed E-state index contributed by atoms with van der Waals surface area (Å²) in [5.41, 5.74) is 1.01. The number of nitrogens with zero attached hydrogens (tertiary/aromatic N) is 3. The molecule has 0 bridgehead atoms. The summed E-state index contributed by atoms with van der Waals surface area (Å²) in [4.78, 5) is 32.0. The van der Waals surface area contributed by atoms with E-state index in [9.17, 15) is 14.8 Å². The normalized spacial score (nSPS) is 14.1. The van der Waals surface area contributed by atoms with Gasteiger partial charge in [-0.2, -0.15) is 4.98 Å². The molecule has 2 rings (SSSR count). The van der Waals surface area contributed by atoms with Crippen molar-refractivity contribution in [3.63, 3.8) is 0 Å². The number of nitroso groups, excluding NO2 is 1. The summed E-state index contributed by atoms with van der Waals surface area (Å²) in [7, 11) is -2.24. The predicted octanol–water partition coefficient (Wildman–Crippen LogP) is 4.05. The number of halogens is 1. The number of hydrogen-bond acceptors (Lipinski definition) is 8. The number of aliphatic hydroxyl groups is 1. The largest absolute Gasteiger partial charge is 0.391 e. The zero-order valence-corrected chi connectivity index (χ0v) is 17.8. The van der Waals surface area contributed by atoms with Gasteiger partial charge in [-0.3, -0.25) is 4.79 Å². The lowest BCUT2D eigenvalue weighted by atomic mass is 10.2. The molecular weight excluding hydrogens is 434 g/mol. The first-order valence-corrected chi connectivity index (χ1v) is 11.3. The van der Waals surface area contributed by atoms with Crippen molar-refractivity contribution in [1.29, 1.82) is 0 Å². The van der Waals surface area contributed by atoms with E-state index in [1.807, 2.05) is 6.92 Å². The molecule has 1 heterocycles. The first-order chi connectivity index (χ1) is 12.6. The molecular formula is C17H22BrN5O3S. The fraction of sp³-hybridized carbons (Fsp3) is 0.353. The van der Waals surface area contributed by atoms with Gasteiger partial charge in [0, 0.05) is 17.4 Å². The summed E-state index contributed by atoms with van der Waals surface area (Å²) >= 11 is 3.38. The third-order valence-electron chi connectivity index (χ3n) is 3.83. The van der Waals surface area contributed by atoms with Gasteiger partial charge in [0.25, 0.3) is 0 Å². The number of aromatic nitrogens is 2. The Hall–Kier alpha value is -2.04. The van der Waals surface area contributed by atoms with E-state index in [0.717, 1.165) is 0 Å². The summed E-state index contributed by atoms with van der Waals surface area (Å²) in [6.07, 6.45) is 4.15. The van der Waals surface area contributed by atoms with Crippen LogP contribution in [0.2, 0.25) is 0 Å². The Labute approximate surface area is 167 Å². The van der Waals surface area contributed by atoms with Crippen molar-refractivity contribution in [2.24, 2.45) is 4.58 Å². The van der Waals surface area contributed by atoms with Gasteiger partial charge in [0.2, 0.25) is 11.1 Å². The Kier molecular flexibility index (Phi) is 6.90. The average molecular weight is 456 g/mol. The molecule has 1 aromatic carbocycles. The Morgan fingerprint density at radius 2 is 2.04 bits per heavy atom. The summed E-state index contributed by atoms with van der Waals surface area (Å²) in [6.45, 7) is 3.53. The Bertz CT molecular complexity index is 847. The molecule has 0 spiro atoms. The van der Waals surface area contributed by atoms with E-state index in [2.05, 4.69) is 41.1 Å². The van der Waals surface area contributed by atoms with Gasteiger partial charge in [-0.25, -0.2) is 4.98 Å². The van der Waals surface area contributed by atoms with Crippen LogP contribution in [0.25, 0.3) is 0 Å². The molecule has 0 fully saturated rings. The minimum atomic E-state index is -2.24. The Morgan fingerprint density at radius 1 is 1.33 bits per heavy atom. The SMILES string of the molecule is C[C@@H](O)[C@@H](C)Nc1nc(Nc2cccc(C(=O)S(C)(C)N=O)c2)ncc1Br. The van der Waals surface area contributed by atoms with Gasteiger partial charge in [-0.05, 0) is 69.2 Å². The fourth-order valence-corrected chi connectivity index (χ4v) is 3.12. The molecule has 2 aromatic rings. The van der Waals surface area contributed by atoms with E-state index in [4.69, 9.17) is 0 Å². The number of anilines is 3. The molecule has 0 aliphatic heterocycles. The van der Waals surface area contributed by atoms with E-state index in [-0.39, 0.29) is 11.2 Å². The number of benzene rings is 1. The van der Waals surface area contributed by atoms with Gasteiger partial charge in [0.05, 0.1) is 16.6 Å². The molecule has 0 amide bonds. The number of carbonyl (C=O) groups is 1. The zero-order valence-electron chi connectivity index (χ0n) is 15.4. The van der Waals surface area contributed by atoms with Gasteiger partial charge in [0.1, 0.15) is 5.82 Å². The summed E-state index contributed by atoms with van der Waals surface area (Å²) in [5.74, 6) is 0.854. The second-order valence-electron chi connectivity index (χ2n) is 6.40. The number of nitrogens with one attached hydrogen (secondary N) is 2. The van der Waals surface area contributed by atoms with Crippen LogP contribution in [0.3, 0.4) is 0 Å². The number of hydrogen-bond donors (Lipinski definition) is 3. The van der Waals surface area contributed by atoms with Crippen LogP contribution in [0, 0.1) is 4.91 Å². The van der Waals surface area contributed by atoms with Crippen molar-refractivity contribution < 1.29 is 9.90 Å². The lowest BCUT2D eigenvalue weighted by Gasteiger charge is -2.19. The minimum absolute atomic E-state index is 0.203. The highest BCUT2D eigenvalue weighted by Crippen LogP contribution is 2.44. The van der Waals surface area contributed by atoms with E-state index >= 15 is 0 Å². The van der Waals surface area contributed by atoms with Gasteiger partial charge in [-0.1, -0.05) is 12.1 Å². The van der Waals surface area contributed by atoms with Gasteiger partial charge in [0.15, 0.2) is 0 Å². The third kappa shape index (κ3) is 5.47. The molecule has 10 heteroatoms. The van der Waals surface area contributed by atoms with Gasteiger partial charge < -0.3 is 15.7 Å². The highest BCUT2D eigenvalue weighted by atomic mass is 79.9. The minimum Gasteiger partial charge on any atom is -0.391 e. The van der Waals surface area contributed by atoms with Crippen molar-refractivity contribution in [1.82, 2.24) is 9.97 Å². The molecule has 0 unspecified atom stereocenters. The van der Waals surface area contributed by atoms with Gasteiger partial charge >= 0.3 is 0 Å². The van der Waals surface area contributed by atoms with E-state index in [1.165, 1.54) is 0 Å². The maximum Gasteiger partial charge on any atom is 0.229 e. The summed E-state index contributed by atoms with van der Waals surface area (Å²) in [6, 6.07) is 6.56. The maximum atomic E-state index is 12.4. The van der Waals surface area contributed by atoms with Crippen molar-refractivity contribution in [2.75, 3.05) is 23.1 Å². The average Bonchev–Trinajstić information content (AvgIpc) is 2.63. The van der Waals surface area contributed by atoms with Crippen LogP contribution in [-0.2, 0) is 0 Å². The monoisotopic (exact) mass is 455 g/mol. The van der Waals surface area contributed by atoms with Crippen LogP contribution in [0.1, 0.15) is 24.2 Å². The van der Waals surface area contributed by atoms with Crippen LogP contribution in [0.4, 0.5) is 17.5 Å². The number of rotatable bonds is 7. The Balaban J connectivity index is 2.24. The molecule has 0 radical (unpaired) electrons. The third-order valence-corrected chi connectivity index (χ3v) is 5.92. The van der Waals surface area contributed by atoms with Crippen molar-refractivity contribution in [3.8, 4) is 0 Å².